The van der Waals surface area contributed by atoms with E-state index in [1.165, 1.54) is 0 Å². The average molecular weight is 232 g/mol. The van der Waals surface area contributed by atoms with Gasteiger partial charge >= 0.3 is 0 Å². The largest absolute Gasteiger partial charge is 0.497 e. The van der Waals surface area contributed by atoms with Gasteiger partial charge in [-0.15, -0.1) is 0 Å². The monoisotopic (exact) mass is 232 g/mol. The molecule has 1 unspecified atom stereocenters. The molecule has 0 radical (unpaired) electrons. The first-order valence-corrected chi connectivity index (χ1v) is 5.44. The highest BCUT2D eigenvalue weighted by Crippen LogP contribution is 2.26. The van der Waals surface area contributed by atoms with E-state index in [9.17, 15) is 5.11 Å². The standard InChI is InChI=1S/C13H16N2O2/c1-9-12(8-15(2)14-9)13(16)10-5-4-6-11(7-10)17-3/h4-8,13,16H,1-3H3. The van der Waals surface area contributed by atoms with Crippen molar-refractivity contribution in [1.29, 1.82) is 0 Å². The molecule has 17 heavy (non-hydrogen) atoms. The molecule has 2 rings (SSSR count). The second-order valence-electron chi connectivity index (χ2n) is 4.02. The van der Waals surface area contributed by atoms with E-state index in [2.05, 4.69) is 5.10 Å². The van der Waals surface area contributed by atoms with Crippen molar-refractivity contribution in [3.8, 4) is 5.75 Å². The Hall–Kier alpha value is -1.81. The molecule has 0 aliphatic rings. The van der Waals surface area contributed by atoms with E-state index in [0.717, 1.165) is 22.6 Å². The zero-order valence-electron chi connectivity index (χ0n) is 10.2. The van der Waals surface area contributed by atoms with Crippen LogP contribution in [-0.2, 0) is 7.05 Å². The lowest BCUT2D eigenvalue weighted by molar-refractivity contribution is 0.219. The fraction of sp³-hybridized carbons (Fsp3) is 0.308. The second kappa shape index (κ2) is 4.59. The highest BCUT2D eigenvalue weighted by atomic mass is 16.5. The predicted octanol–water partition coefficient (Wildman–Crippen LogP) is 1.82. The molecule has 0 fully saturated rings. The quantitative estimate of drug-likeness (QED) is 0.878. The first kappa shape index (κ1) is 11.7. The van der Waals surface area contributed by atoms with Crippen molar-refractivity contribution < 1.29 is 9.84 Å². The third-order valence-electron chi connectivity index (χ3n) is 2.76. The first-order valence-electron chi connectivity index (χ1n) is 5.44. The number of hydrogen-bond donors (Lipinski definition) is 1. The number of ether oxygens (including phenoxy) is 1. The summed E-state index contributed by atoms with van der Waals surface area (Å²) in [7, 11) is 3.45. The van der Waals surface area contributed by atoms with E-state index in [4.69, 9.17) is 4.74 Å². The number of aromatic nitrogens is 2. The minimum atomic E-state index is -0.668. The van der Waals surface area contributed by atoms with Crippen molar-refractivity contribution in [2.45, 2.75) is 13.0 Å². The van der Waals surface area contributed by atoms with E-state index in [0.29, 0.717) is 0 Å². The Labute approximate surface area is 100 Å². The molecule has 0 spiro atoms. The van der Waals surface area contributed by atoms with Gasteiger partial charge in [-0.1, -0.05) is 12.1 Å². The molecule has 0 aliphatic heterocycles. The van der Waals surface area contributed by atoms with Gasteiger partial charge in [-0.25, -0.2) is 0 Å². The molecule has 0 amide bonds. The van der Waals surface area contributed by atoms with E-state index < -0.39 is 6.10 Å². The number of benzene rings is 1. The fourth-order valence-corrected chi connectivity index (χ4v) is 1.88. The number of rotatable bonds is 3. The van der Waals surface area contributed by atoms with Crippen LogP contribution in [0.15, 0.2) is 30.5 Å². The third-order valence-corrected chi connectivity index (χ3v) is 2.76. The molecule has 4 heteroatoms. The summed E-state index contributed by atoms with van der Waals surface area (Å²) < 4.78 is 6.85. The Bertz CT molecular complexity index is 520. The normalized spacial score (nSPS) is 12.5. The minimum Gasteiger partial charge on any atom is -0.497 e. The van der Waals surface area contributed by atoms with Crippen molar-refractivity contribution in [3.63, 3.8) is 0 Å². The summed E-state index contributed by atoms with van der Waals surface area (Å²) in [6.45, 7) is 1.89. The van der Waals surface area contributed by atoms with Gasteiger partial charge < -0.3 is 9.84 Å². The Morgan fingerprint density at radius 2 is 2.18 bits per heavy atom. The Morgan fingerprint density at radius 3 is 2.76 bits per heavy atom. The summed E-state index contributed by atoms with van der Waals surface area (Å²) in [5, 5.41) is 14.5. The second-order valence-corrected chi connectivity index (χ2v) is 4.02. The molecule has 1 atom stereocenters. The maximum Gasteiger partial charge on any atom is 0.119 e. The van der Waals surface area contributed by atoms with Crippen molar-refractivity contribution in [2.24, 2.45) is 7.05 Å². The summed E-state index contributed by atoms with van der Waals surface area (Å²) in [6, 6.07) is 7.42. The third kappa shape index (κ3) is 2.31. The number of aryl methyl sites for hydroxylation is 2. The molecule has 1 aromatic heterocycles. The van der Waals surface area contributed by atoms with E-state index in [1.807, 2.05) is 44.4 Å². The average Bonchev–Trinajstić information content (AvgIpc) is 2.67. The highest BCUT2D eigenvalue weighted by Gasteiger charge is 2.15. The predicted molar refractivity (Wildman–Crippen MR) is 65.0 cm³/mol. The van der Waals surface area contributed by atoms with Crippen LogP contribution in [0.4, 0.5) is 0 Å². The van der Waals surface area contributed by atoms with Gasteiger partial charge in [-0.2, -0.15) is 5.10 Å². The molecule has 90 valence electrons. The van der Waals surface area contributed by atoms with Gasteiger partial charge in [0.25, 0.3) is 0 Å². The molecule has 0 bridgehead atoms. The maximum absolute atomic E-state index is 10.3. The van der Waals surface area contributed by atoms with Gasteiger partial charge in [-0.3, -0.25) is 4.68 Å². The van der Waals surface area contributed by atoms with Crippen LogP contribution in [0.3, 0.4) is 0 Å². The molecule has 4 nitrogen and oxygen atoms in total. The number of methoxy groups -OCH3 is 1. The minimum absolute atomic E-state index is 0.668. The summed E-state index contributed by atoms with van der Waals surface area (Å²) in [6.07, 6.45) is 1.17. The fourth-order valence-electron chi connectivity index (χ4n) is 1.88. The zero-order valence-corrected chi connectivity index (χ0v) is 10.2. The summed E-state index contributed by atoms with van der Waals surface area (Å²) >= 11 is 0. The van der Waals surface area contributed by atoms with Crippen molar-refractivity contribution in [3.05, 3.63) is 47.3 Å². The van der Waals surface area contributed by atoms with E-state index in [1.54, 1.807) is 11.8 Å². The van der Waals surface area contributed by atoms with Crippen LogP contribution in [0.5, 0.6) is 5.75 Å². The number of nitrogens with zero attached hydrogens (tertiary/aromatic N) is 2. The van der Waals surface area contributed by atoms with Gasteiger partial charge in [0.2, 0.25) is 0 Å². The first-order chi connectivity index (χ1) is 8.11. The van der Waals surface area contributed by atoms with Gasteiger partial charge in [-0.05, 0) is 24.6 Å². The smallest absolute Gasteiger partial charge is 0.119 e. The van der Waals surface area contributed by atoms with Gasteiger partial charge in [0.1, 0.15) is 11.9 Å². The zero-order chi connectivity index (χ0) is 12.4. The van der Waals surface area contributed by atoms with Crippen LogP contribution in [0.1, 0.15) is 22.9 Å². The molecule has 0 aliphatic carbocycles. The molecule has 1 aromatic carbocycles. The Balaban J connectivity index is 2.36. The molecule has 0 saturated heterocycles. The molecule has 1 N–H and O–H groups in total. The molecular weight excluding hydrogens is 216 g/mol. The summed E-state index contributed by atoms with van der Waals surface area (Å²) in [4.78, 5) is 0. The van der Waals surface area contributed by atoms with Crippen LogP contribution in [0.2, 0.25) is 0 Å². The van der Waals surface area contributed by atoms with Crippen molar-refractivity contribution >= 4 is 0 Å². The Kier molecular flexibility index (Phi) is 3.15. The Morgan fingerprint density at radius 1 is 1.41 bits per heavy atom. The van der Waals surface area contributed by atoms with Crippen LogP contribution in [0, 0.1) is 6.92 Å². The van der Waals surface area contributed by atoms with Gasteiger partial charge in [0.05, 0.1) is 12.8 Å². The van der Waals surface area contributed by atoms with Crippen molar-refractivity contribution in [1.82, 2.24) is 9.78 Å². The molecular formula is C13H16N2O2. The lowest BCUT2D eigenvalue weighted by Gasteiger charge is -2.11. The van der Waals surface area contributed by atoms with Crippen LogP contribution < -0.4 is 4.74 Å². The summed E-state index contributed by atoms with van der Waals surface area (Å²) in [5.41, 5.74) is 2.46. The SMILES string of the molecule is COc1cccc(C(O)c2cn(C)nc2C)c1. The molecule has 0 saturated carbocycles. The lowest BCUT2D eigenvalue weighted by atomic mass is 10.0. The van der Waals surface area contributed by atoms with Crippen molar-refractivity contribution in [2.75, 3.05) is 7.11 Å². The van der Waals surface area contributed by atoms with Crippen LogP contribution in [-0.4, -0.2) is 22.0 Å². The van der Waals surface area contributed by atoms with Crippen LogP contribution >= 0.6 is 0 Å². The number of hydrogen-bond acceptors (Lipinski definition) is 3. The van der Waals surface area contributed by atoms with Gasteiger partial charge in [0.15, 0.2) is 0 Å². The highest BCUT2D eigenvalue weighted by molar-refractivity contribution is 5.35. The lowest BCUT2D eigenvalue weighted by Crippen LogP contribution is -2.00. The van der Waals surface area contributed by atoms with Gasteiger partial charge in [0, 0.05) is 18.8 Å². The maximum atomic E-state index is 10.3. The summed E-state index contributed by atoms with van der Waals surface area (Å²) in [5.74, 6) is 0.739. The number of aliphatic hydroxyl groups excluding tert-OH is 1. The molecule has 1 heterocycles. The number of aliphatic hydroxyl groups is 1. The van der Waals surface area contributed by atoms with Crippen LogP contribution in [0.25, 0.3) is 0 Å². The van der Waals surface area contributed by atoms with E-state index >= 15 is 0 Å². The topological polar surface area (TPSA) is 47.3 Å². The molecule has 2 aromatic rings. The van der Waals surface area contributed by atoms with E-state index in [-0.39, 0.29) is 0 Å².